The molecule has 41 heavy (non-hydrogen) atoms. The van der Waals surface area contributed by atoms with Crippen LogP contribution in [0.1, 0.15) is 24.2 Å². The number of ether oxygens (including phenoxy) is 1. The molecule has 212 valence electrons. The van der Waals surface area contributed by atoms with Crippen molar-refractivity contribution >= 4 is 30.1 Å². The molecule has 4 fully saturated rings. The molecule has 4 aliphatic rings. The highest BCUT2D eigenvalue weighted by Gasteiger charge is 2.72. The number of carbonyl (C=O) groups excluding carboxylic acids is 2. The predicted molar refractivity (Wildman–Crippen MR) is 146 cm³/mol. The minimum atomic E-state index is -0.866. The second-order valence-corrected chi connectivity index (χ2v) is 11.0. The van der Waals surface area contributed by atoms with Crippen LogP contribution in [-0.2, 0) is 21.4 Å². The largest absolute Gasteiger partial charge is 0.444 e. The molecule has 3 aliphatic heterocycles. The number of benzene rings is 1. The number of likely N-dealkylation sites (tertiary alicyclic amines) is 1. The average Bonchev–Trinajstić information content (AvgIpc) is 3.65. The zero-order chi connectivity index (χ0) is 27.4. The number of H-pyrrole nitrogens is 1. The van der Waals surface area contributed by atoms with Gasteiger partial charge in [-0.2, -0.15) is 5.26 Å². The number of pyridine rings is 1. The van der Waals surface area contributed by atoms with Crippen molar-refractivity contribution < 1.29 is 18.7 Å². The second kappa shape index (κ2) is 10.4. The van der Waals surface area contributed by atoms with Crippen molar-refractivity contribution in [3.8, 4) is 17.2 Å². The van der Waals surface area contributed by atoms with Gasteiger partial charge in [0.05, 0.1) is 41.9 Å². The van der Waals surface area contributed by atoms with E-state index in [0.29, 0.717) is 42.0 Å². The summed E-state index contributed by atoms with van der Waals surface area (Å²) < 4.78 is 21.1. The maximum atomic E-state index is 15.7. The summed E-state index contributed by atoms with van der Waals surface area (Å²) in [5.41, 5.74) is 1.65. The van der Waals surface area contributed by atoms with Crippen molar-refractivity contribution in [1.29, 1.82) is 5.26 Å². The summed E-state index contributed by atoms with van der Waals surface area (Å²) in [5.74, 6) is -0.507. The Bertz CT molecular complexity index is 1510. The van der Waals surface area contributed by atoms with Gasteiger partial charge >= 0.3 is 6.09 Å². The van der Waals surface area contributed by atoms with E-state index >= 15 is 4.39 Å². The van der Waals surface area contributed by atoms with Crippen molar-refractivity contribution in [2.24, 2.45) is 11.8 Å². The highest BCUT2D eigenvalue weighted by molar-refractivity contribution is 5.90. The number of amides is 2. The number of aromatic nitrogens is 4. The first-order valence-corrected chi connectivity index (χ1v) is 13.5. The minimum Gasteiger partial charge on any atom is -0.444 e. The monoisotopic (exact) mass is 578 g/mol. The molecular formula is C28H28ClFN8O3. The number of anilines is 1. The fraction of sp³-hybridized carbons (Fsp3) is 0.429. The molecule has 1 saturated carbocycles. The number of cyclic esters (lactones) is 1. The number of nitriles is 1. The van der Waals surface area contributed by atoms with E-state index in [1.54, 1.807) is 36.7 Å². The van der Waals surface area contributed by atoms with Crippen LogP contribution < -0.4 is 10.2 Å². The highest BCUT2D eigenvalue weighted by atomic mass is 35.5. The van der Waals surface area contributed by atoms with Crippen LogP contribution in [0.25, 0.3) is 11.1 Å². The quantitative estimate of drug-likeness (QED) is 0.455. The summed E-state index contributed by atoms with van der Waals surface area (Å²) in [7, 11) is 0. The van der Waals surface area contributed by atoms with Gasteiger partial charge in [-0.05, 0) is 43.7 Å². The smallest absolute Gasteiger partial charge is 0.414 e. The molecule has 11 nitrogen and oxygen atoms in total. The van der Waals surface area contributed by atoms with Crippen LogP contribution in [0.5, 0.6) is 0 Å². The average molecular weight is 579 g/mol. The number of hydrogen-bond acceptors (Lipinski definition) is 8. The summed E-state index contributed by atoms with van der Waals surface area (Å²) in [4.78, 5) is 33.3. The van der Waals surface area contributed by atoms with Gasteiger partial charge in [-0.15, -0.1) is 17.5 Å². The lowest BCUT2D eigenvalue weighted by Gasteiger charge is -2.26. The zero-order valence-electron chi connectivity index (χ0n) is 22.0. The maximum Gasteiger partial charge on any atom is 0.414 e. The van der Waals surface area contributed by atoms with Crippen molar-refractivity contribution in [2.45, 2.75) is 36.8 Å². The number of hydrogen-bond donors (Lipinski definition) is 2. The van der Waals surface area contributed by atoms with Crippen LogP contribution >= 0.6 is 12.4 Å². The van der Waals surface area contributed by atoms with Crippen LogP contribution in [0.3, 0.4) is 0 Å². The molecular weight excluding hydrogens is 551 g/mol. The molecule has 13 heteroatoms. The molecule has 3 aromatic rings. The molecule has 0 spiro atoms. The molecule has 2 amide bonds. The molecule has 4 atom stereocenters. The van der Waals surface area contributed by atoms with Crippen LogP contribution in [0, 0.1) is 29.0 Å². The Morgan fingerprint density at radius 2 is 2.05 bits per heavy atom. The summed E-state index contributed by atoms with van der Waals surface area (Å²) in [6.07, 6.45) is 4.48. The van der Waals surface area contributed by atoms with Crippen LogP contribution in [0.2, 0.25) is 0 Å². The Morgan fingerprint density at radius 3 is 2.73 bits per heavy atom. The molecule has 2 N–H and O–H groups in total. The summed E-state index contributed by atoms with van der Waals surface area (Å²) in [5, 5.41) is 23.8. The number of aromatic amines is 1. The number of nitrogens with one attached hydrogen (secondary N) is 2. The van der Waals surface area contributed by atoms with E-state index in [1.165, 1.54) is 11.0 Å². The molecule has 1 aliphatic carbocycles. The molecule has 2 aromatic heterocycles. The Morgan fingerprint density at radius 1 is 1.22 bits per heavy atom. The lowest BCUT2D eigenvalue weighted by atomic mass is 9.89. The SMILES string of the molecule is Cl.N#CC1(c2ncccc2-c2ccc(N3C[C@@H](Cc4cnn[nH]4)OC3=O)cc2F)C2CN(C(=O)[C@@H]3CCCN3)CC21. The number of piperidine rings is 1. The fourth-order valence-electron chi connectivity index (χ4n) is 6.74. The van der Waals surface area contributed by atoms with E-state index in [2.05, 4.69) is 31.8 Å². The molecule has 0 radical (unpaired) electrons. The Balaban J connectivity index is 0.00000302. The number of rotatable bonds is 6. The first-order valence-electron chi connectivity index (χ1n) is 13.5. The van der Waals surface area contributed by atoms with Gasteiger partial charge in [0.15, 0.2) is 0 Å². The Kier molecular flexibility index (Phi) is 6.87. The van der Waals surface area contributed by atoms with Gasteiger partial charge < -0.3 is 15.0 Å². The van der Waals surface area contributed by atoms with Gasteiger partial charge in [-0.3, -0.25) is 19.8 Å². The molecule has 2 unspecified atom stereocenters. The van der Waals surface area contributed by atoms with Crippen molar-refractivity contribution in [3.63, 3.8) is 0 Å². The molecule has 5 heterocycles. The third-order valence-corrected chi connectivity index (χ3v) is 8.78. The summed E-state index contributed by atoms with van der Waals surface area (Å²) >= 11 is 0. The number of carbonyl (C=O) groups is 2. The van der Waals surface area contributed by atoms with Crippen LogP contribution in [0.15, 0.2) is 42.7 Å². The highest BCUT2D eigenvalue weighted by Crippen LogP contribution is 2.64. The molecule has 7 rings (SSSR count). The lowest BCUT2D eigenvalue weighted by molar-refractivity contribution is -0.132. The minimum absolute atomic E-state index is 0. The van der Waals surface area contributed by atoms with Gasteiger partial charge in [0.25, 0.3) is 0 Å². The fourth-order valence-corrected chi connectivity index (χ4v) is 6.74. The third kappa shape index (κ3) is 4.40. The maximum absolute atomic E-state index is 15.7. The van der Waals surface area contributed by atoms with Gasteiger partial charge in [0, 0.05) is 48.7 Å². The second-order valence-electron chi connectivity index (χ2n) is 11.0. The van der Waals surface area contributed by atoms with E-state index in [-0.39, 0.29) is 42.7 Å². The number of fused-ring (bicyclic) bond motifs is 1. The number of nitrogens with zero attached hydrogens (tertiary/aromatic N) is 6. The van der Waals surface area contributed by atoms with E-state index in [1.807, 2.05) is 4.90 Å². The molecule has 3 saturated heterocycles. The van der Waals surface area contributed by atoms with Crippen LogP contribution in [0.4, 0.5) is 14.9 Å². The Labute approximate surface area is 241 Å². The normalized spacial score (nSPS) is 28.1. The molecule has 0 bridgehead atoms. The topological polar surface area (TPSA) is 140 Å². The van der Waals surface area contributed by atoms with E-state index in [9.17, 15) is 14.9 Å². The first kappa shape index (κ1) is 27.1. The van der Waals surface area contributed by atoms with E-state index < -0.39 is 23.4 Å². The van der Waals surface area contributed by atoms with Crippen LogP contribution in [-0.4, -0.2) is 75.6 Å². The van der Waals surface area contributed by atoms with Crippen molar-refractivity contribution in [1.82, 2.24) is 30.6 Å². The van der Waals surface area contributed by atoms with Gasteiger partial charge in [-0.1, -0.05) is 11.3 Å². The third-order valence-electron chi connectivity index (χ3n) is 8.78. The van der Waals surface area contributed by atoms with Gasteiger partial charge in [0.2, 0.25) is 5.91 Å². The van der Waals surface area contributed by atoms with Crippen molar-refractivity contribution in [2.75, 3.05) is 31.1 Å². The number of halogens is 2. The predicted octanol–water partition coefficient (Wildman–Crippen LogP) is 2.60. The lowest BCUT2D eigenvalue weighted by Crippen LogP contribution is -2.44. The van der Waals surface area contributed by atoms with Gasteiger partial charge in [-0.25, -0.2) is 9.18 Å². The first-order chi connectivity index (χ1) is 19.5. The van der Waals surface area contributed by atoms with E-state index in [4.69, 9.17) is 4.74 Å². The standard InChI is InChI=1S/C28H27FN8O3.ClH/c29-23-10-17(37-12-18(40-27(37)39)9-16-11-33-35-34-16)5-6-19(23)20-3-1-8-32-25(20)28(15-30)21-13-36(14-22(21)28)26(38)24-4-2-7-31-24;/h1,3,5-6,8,10-11,18,21-22,24,31H,2,4,7,9,12-14H2,(H,33,34,35);1H/t18-,21?,22?,24+,28?;/m1./s1. The Hall–Kier alpha value is -4.08. The van der Waals surface area contributed by atoms with Gasteiger partial charge in [0.1, 0.15) is 17.3 Å². The zero-order valence-corrected chi connectivity index (χ0v) is 22.8. The van der Waals surface area contributed by atoms with E-state index in [0.717, 1.165) is 25.1 Å². The molecule has 1 aromatic carbocycles. The summed E-state index contributed by atoms with van der Waals surface area (Å²) in [6, 6.07) is 10.5. The van der Waals surface area contributed by atoms with Crippen molar-refractivity contribution in [3.05, 3.63) is 59.9 Å². The summed E-state index contributed by atoms with van der Waals surface area (Å²) in [6.45, 7) is 2.11.